The average molecular weight is 341 g/mol. The Kier molecular flexibility index (Phi) is 5.74. The normalized spacial score (nSPS) is 15.2. The van der Waals surface area contributed by atoms with Crippen molar-refractivity contribution >= 4 is 5.95 Å². The van der Waals surface area contributed by atoms with E-state index in [0.717, 1.165) is 16.9 Å². The van der Waals surface area contributed by atoms with Crippen LogP contribution in [0.15, 0.2) is 30.5 Å². The van der Waals surface area contributed by atoms with Gasteiger partial charge in [0, 0.05) is 12.2 Å². The summed E-state index contributed by atoms with van der Waals surface area (Å²) in [5, 5.41) is 3.44. The molecule has 0 aliphatic heterocycles. The maximum atomic E-state index is 5.69. The number of aromatic nitrogens is 2. The lowest BCUT2D eigenvalue weighted by molar-refractivity contribution is 0.242. The van der Waals surface area contributed by atoms with Crippen LogP contribution in [0.5, 0.6) is 11.6 Å². The highest BCUT2D eigenvalue weighted by Crippen LogP contribution is 2.30. The van der Waals surface area contributed by atoms with E-state index in [4.69, 9.17) is 9.47 Å². The van der Waals surface area contributed by atoms with Gasteiger partial charge in [0.05, 0.1) is 18.8 Å². The minimum Gasteiger partial charge on any atom is -0.491 e. The van der Waals surface area contributed by atoms with Crippen molar-refractivity contribution in [2.75, 3.05) is 12.4 Å². The van der Waals surface area contributed by atoms with Crippen molar-refractivity contribution in [1.29, 1.82) is 0 Å². The molecule has 1 aliphatic carbocycles. The molecule has 5 nitrogen and oxygen atoms in total. The molecule has 1 heterocycles. The molecule has 1 fully saturated rings. The molecular formula is C20H27N3O2. The molecule has 0 unspecified atom stereocenters. The fourth-order valence-corrected chi connectivity index (χ4v) is 3.20. The number of hydrogen-bond acceptors (Lipinski definition) is 5. The van der Waals surface area contributed by atoms with Crippen LogP contribution in [-0.4, -0.2) is 29.2 Å². The molecule has 0 spiro atoms. The largest absolute Gasteiger partial charge is 0.491 e. The van der Waals surface area contributed by atoms with E-state index in [1.165, 1.54) is 32.1 Å². The van der Waals surface area contributed by atoms with E-state index in [0.29, 0.717) is 17.9 Å². The smallest absolute Gasteiger partial charge is 0.226 e. The molecule has 2 aromatic rings. The van der Waals surface area contributed by atoms with E-state index >= 15 is 0 Å². The maximum Gasteiger partial charge on any atom is 0.226 e. The number of ether oxygens (including phenoxy) is 2. The third-order valence-corrected chi connectivity index (χ3v) is 4.42. The van der Waals surface area contributed by atoms with Crippen molar-refractivity contribution in [1.82, 2.24) is 9.97 Å². The van der Waals surface area contributed by atoms with Crippen molar-refractivity contribution in [2.45, 2.75) is 58.1 Å². The Morgan fingerprint density at radius 1 is 1.08 bits per heavy atom. The predicted octanol–water partition coefficient (Wildman–Crippen LogP) is 4.68. The van der Waals surface area contributed by atoms with Crippen molar-refractivity contribution < 1.29 is 9.47 Å². The van der Waals surface area contributed by atoms with Crippen LogP contribution < -0.4 is 14.8 Å². The number of methoxy groups -OCH3 is 1. The van der Waals surface area contributed by atoms with Crippen LogP contribution in [0.2, 0.25) is 0 Å². The van der Waals surface area contributed by atoms with Crippen LogP contribution >= 0.6 is 0 Å². The Morgan fingerprint density at radius 3 is 2.44 bits per heavy atom. The molecule has 0 bridgehead atoms. The molecule has 0 amide bonds. The Balaban J connectivity index is 1.76. The average Bonchev–Trinajstić information content (AvgIpc) is 2.63. The van der Waals surface area contributed by atoms with E-state index in [1.54, 1.807) is 7.11 Å². The van der Waals surface area contributed by atoms with Gasteiger partial charge < -0.3 is 14.8 Å². The van der Waals surface area contributed by atoms with Crippen LogP contribution in [0.4, 0.5) is 5.95 Å². The fraction of sp³-hybridized carbons (Fsp3) is 0.500. The SMILES string of the molecule is COc1nc(NC2CCCCC2)ncc1-c1ccc(OC(C)C)cc1. The second-order valence-electron chi connectivity index (χ2n) is 6.79. The molecule has 0 atom stereocenters. The Hall–Kier alpha value is -2.30. The zero-order valence-electron chi connectivity index (χ0n) is 15.3. The topological polar surface area (TPSA) is 56.3 Å². The van der Waals surface area contributed by atoms with E-state index in [9.17, 15) is 0 Å². The van der Waals surface area contributed by atoms with Gasteiger partial charge in [0.2, 0.25) is 11.8 Å². The molecule has 1 N–H and O–H groups in total. The van der Waals surface area contributed by atoms with Crippen molar-refractivity contribution in [3.63, 3.8) is 0 Å². The molecule has 0 saturated heterocycles. The summed E-state index contributed by atoms with van der Waals surface area (Å²) in [5.41, 5.74) is 1.89. The lowest BCUT2D eigenvalue weighted by Crippen LogP contribution is -2.23. The minimum atomic E-state index is 0.161. The summed E-state index contributed by atoms with van der Waals surface area (Å²) < 4.78 is 11.2. The van der Waals surface area contributed by atoms with Crippen LogP contribution in [-0.2, 0) is 0 Å². The van der Waals surface area contributed by atoms with Crippen LogP contribution in [0.3, 0.4) is 0 Å². The first kappa shape index (κ1) is 17.5. The number of rotatable bonds is 6. The summed E-state index contributed by atoms with van der Waals surface area (Å²) in [6, 6.07) is 8.41. The quantitative estimate of drug-likeness (QED) is 0.826. The first-order chi connectivity index (χ1) is 12.2. The molecule has 5 heteroatoms. The van der Waals surface area contributed by atoms with Gasteiger partial charge in [0.25, 0.3) is 0 Å². The second-order valence-corrected chi connectivity index (χ2v) is 6.79. The standard InChI is InChI=1S/C20H27N3O2/c1-14(2)25-17-11-9-15(10-12-17)18-13-21-20(23-19(18)24-3)22-16-7-5-4-6-8-16/h9-14,16H,4-8H2,1-3H3,(H,21,22,23). The van der Waals surface area contributed by atoms with E-state index in [-0.39, 0.29) is 6.10 Å². The van der Waals surface area contributed by atoms with Gasteiger partial charge in [-0.3, -0.25) is 0 Å². The number of anilines is 1. The summed E-state index contributed by atoms with van der Waals surface area (Å²) in [4.78, 5) is 9.05. The number of nitrogens with one attached hydrogen (secondary N) is 1. The number of benzene rings is 1. The third-order valence-electron chi connectivity index (χ3n) is 4.42. The lowest BCUT2D eigenvalue weighted by atomic mass is 9.96. The highest BCUT2D eigenvalue weighted by atomic mass is 16.5. The highest BCUT2D eigenvalue weighted by molar-refractivity contribution is 5.69. The Bertz CT molecular complexity index is 680. The van der Waals surface area contributed by atoms with Gasteiger partial charge in [0.15, 0.2) is 0 Å². The van der Waals surface area contributed by atoms with Gasteiger partial charge >= 0.3 is 0 Å². The molecule has 0 radical (unpaired) electrons. The summed E-state index contributed by atoms with van der Waals surface area (Å²) in [5.74, 6) is 2.09. The van der Waals surface area contributed by atoms with Gasteiger partial charge in [-0.2, -0.15) is 4.98 Å². The zero-order chi connectivity index (χ0) is 17.6. The fourth-order valence-electron chi connectivity index (χ4n) is 3.20. The first-order valence-corrected chi connectivity index (χ1v) is 9.10. The van der Waals surface area contributed by atoms with E-state index in [2.05, 4.69) is 15.3 Å². The molecular weight excluding hydrogens is 314 g/mol. The van der Waals surface area contributed by atoms with Crippen LogP contribution in [0.25, 0.3) is 11.1 Å². The highest BCUT2D eigenvalue weighted by Gasteiger charge is 2.16. The molecule has 1 aliphatic rings. The molecule has 3 rings (SSSR count). The molecule has 134 valence electrons. The number of hydrogen-bond donors (Lipinski definition) is 1. The van der Waals surface area contributed by atoms with Gasteiger partial charge in [-0.1, -0.05) is 31.4 Å². The first-order valence-electron chi connectivity index (χ1n) is 9.10. The third kappa shape index (κ3) is 4.62. The molecule has 25 heavy (non-hydrogen) atoms. The minimum absolute atomic E-state index is 0.161. The summed E-state index contributed by atoms with van der Waals surface area (Å²) in [6.07, 6.45) is 8.24. The van der Waals surface area contributed by atoms with Crippen LogP contribution in [0.1, 0.15) is 46.0 Å². The predicted molar refractivity (Wildman–Crippen MR) is 100 cm³/mol. The van der Waals surface area contributed by atoms with Crippen LogP contribution in [0, 0.1) is 0 Å². The summed E-state index contributed by atoms with van der Waals surface area (Å²) in [6.45, 7) is 4.03. The maximum absolute atomic E-state index is 5.69. The van der Waals surface area contributed by atoms with Gasteiger partial charge in [0.1, 0.15) is 5.75 Å². The Labute approximate surface area is 149 Å². The lowest BCUT2D eigenvalue weighted by Gasteiger charge is -2.23. The molecule has 1 saturated carbocycles. The van der Waals surface area contributed by atoms with Gasteiger partial charge in [-0.15, -0.1) is 0 Å². The van der Waals surface area contributed by atoms with E-state index in [1.807, 2.05) is 44.3 Å². The summed E-state index contributed by atoms with van der Waals surface area (Å²) >= 11 is 0. The van der Waals surface area contributed by atoms with Gasteiger partial charge in [-0.25, -0.2) is 4.98 Å². The molecule has 1 aromatic carbocycles. The van der Waals surface area contributed by atoms with Crippen molar-refractivity contribution in [3.8, 4) is 22.8 Å². The molecule has 1 aromatic heterocycles. The zero-order valence-corrected chi connectivity index (χ0v) is 15.3. The van der Waals surface area contributed by atoms with Crippen molar-refractivity contribution in [2.24, 2.45) is 0 Å². The van der Waals surface area contributed by atoms with E-state index < -0.39 is 0 Å². The number of nitrogens with zero attached hydrogens (tertiary/aromatic N) is 2. The monoisotopic (exact) mass is 341 g/mol. The van der Waals surface area contributed by atoms with Gasteiger partial charge in [-0.05, 0) is 44.4 Å². The van der Waals surface area contributed by atoms with Crippen molar-refractivity contribution in [3.05, 3.63) is 30.5 Å². The second kappa shape index (κ2) is 8.19. The Morgan fingerprint density at radius 2 is 1.80 bits per heavy atom. The summed E-state index contributed by atoms with van der Waals surface area (Å²) in [7, 11) is 1.65.